The normalized spacial score (nSPS) is 12.2. The lowest BCUT2D eigenvalue weighted by Gasteiger charge is -2.15. The predicted molar refractivity (Wildman–Crippen MR) is 136 cm³/mol. The van der Waals surface area contributed by atoms with Crippen LogP contribution < -0.4 is 5.32 Å². The Morgan fingerprint density at radius 3 is 2.76 bits per heavy atom. The van der Waals surface area contributed by atoms with Gasteiger partial charge in [-0.05, 0) is 44.4 Å². The van der Waals surface area contributed by atoms with E-state index in [0.717, 1.165) is 46.2 Å². The Bertz CT molecular complexity index is 1040. The van der Waals surface area contributed by atoms with Gasteiger partial charge in [0.15, 0.2) is 0 Å². The lowest BCUT2D eigenvalue weighted by Crippen LogP contribution is -2.29. The molecule has 3 heterocycles. The van der Waals surface area contributed by atoms with Crippen molar-refractivity contribution in [3.63, 3.8) is 0 Å². The number of unbranched alkanes of at least 4 members (excludes halogenated alkanes) is 1. The third kappa shape index (κ3) is 6.30. The highest BCUT2D eigenvalue weighted by atomic mass is 32.1. The summed E-state index contributed by atoms with van der Waals surface area (Å²) in [5.41, 5.74) is 5.43. The molecule has 0 bridgehead atoms. The maximum absolute atomic E-state index is 13.1. The minimum atomic E-state index is -0.0157. The average Bonchev–Trinajstić information content (AvgIpc) is 3.43. The number of nitrogens with one attached hydrogen (secondary N) is 1. The van der Waals surface area contributed by atoms with Gasteiger partial charge in [0.25, 0.3) is 5.91 Å². The Balaban J connectivity index is 1.85. The zero-order valence-electron chi connectivity index (χ0n) is 20.5. The third-order valence-corrected chi connectivity index (χ3v) is 7.04. The van der Waals surface area contributed by atoms with E-state index < -0.39 is 0 Å². The van der Waals surface area contributed by atoms with Crippen molar-refractivity contribution >= 4 is 17.2 Å². The van der Waals surface area contributed by atoms with Crippen molar-refractivity contribution < 1.29 is 9.53 Å². The van der Waals surface area contributed by atoms with Crippen LogP contribution in [0, 0.1) is 19.8 Å². The lowest BCUT2D eigenvalue weighted by molar-refractivity contribution is 0.0945. The second kappa shape index (κ2) is 12.1. The van der Waals surface area contributed by atoms with Crippen LogP contribution in [0.3, 0.4) is 0 Å². The van der Waals surface area contributed by atoms with Gasteiger partial charge in [0.1, 0.15) is 5.01 Å². The molecule has 0 saturated heterocycles. The van der Waals surface area contributed by atoms with E-state index in [4.69, 9.17) is 9.72 Å². The van der Waals surface area contributed by atoms with Gasteiger partial charge in [-0.2, -0.15) is 0 Å². The molecule has 3 rings (SSSR count). The molecule has 0 aliphatic carbocycles. The predicted octanol–water partition coefficient (Wildman–Crippen LogP) is 5.88. The number of aryl methyl sites for hydroxylation is 1. The molecule has 0 aliphatic rings. The van der Waals surface area contributed by atoms with E-state index in [0.29, 0.717) is 31.2 Å². The molecule has 3 aromatic heterocycles. The maximum Gasteiger partial charge on any atom is 0.253 e. The maximum atomic E-state index is 13.1. The molecular weight excluding hydrogens is 432 g/mol. The summed E-state index contributed by atoms with van der Waals surface area (Å²) in [7, 11) is 1.69. The van der Waals surface area contributed by atoms with Crippen LogP contribution in [0.2, 0.25) is 0 Å². The summed E-state index contributed by atoms with van der Waals surface area (Å²) < 4.78 is 7.47. The Hall–Kier alpha value is -2.51. The highest BCUT2D eigenvalue weighted by Crippen LogP contribution is 2.31. The number of thiazole rings is 1. The van der Waals surface area contributed by atoms with Gasteiger partial charge >= 0.3 is 0 Å². The van der Waals surface area contributed by atoms with E-state index in [-0.39, 0.29) is 5.91 Å². The molecule has 0 spiro atoms. The number of pyridine rings is 1. The Labute approximate surface area is 201 Å². The number of methoxy groups -OCH3 is 1. The van der Waals surface area contributed by atoms with Gasteiger partial charge in [-0.15, -0.1) is 11.3 Å². The van der Waals surface area contributed by atoms with Crippen LogP contribution >= 0.6 is 11.3 Å². The van der Waals surface area contributed by atoms with Crippen molar-refractivity contribution in [2.24, 2.45) is 5.92 Å². The molecular formula is C26H36N4O2S. The molecule has 1 N–H and O–H groups in total. The minimum absolute atomic E-state index is 0.0157. The van der Waals surface area contributed by atoms with Gasteiger partial charge in [-0.25, -0.2) is 4.98 Å². The molecule has 0 aromatic carbocycles. The number of aromatic nitrogens is 3. The SMILES string of the molecule is CCCCC(CC)CNC(=O)c1cc(-c2csc(-c3ccc(C)nc3)n2)n(CCOC)c1C. The van der Waals surface area contributed by atoms with Gasteiger partial charge in [-0.1, -0.05) is 33.1 Å². The number of carbonyl (C=O) groups is 1. The summed E-state index contributed by atoms with van der Waals surface area (Å²) in [6.45, 7) is 10.3. The Morgan fingerprint density at radius 1 is 1.27 bits per heavy atom. The summed E-state index contributed by atoms with van der Waals surface area (Å²) >= 11 is 1.59. The van der Waals surface area contributed by atoms with Crippen LogP contribution in [0.5, 0.6) is 0 Å². The first kappa shape index (κ1) is 25.1. The van der Waals surface area contributed by atoms with E-state index in [2.05, 4.69) is 28.7 Å². The number of nitrogens with zero attached hydrogens (tertiary/aromatic N) is 3. The number of hydrogen-bond donors (Lipinski definition) is 1. The first-order valence-corrected chi connectivity index (χ1v) is 12.7. The van der Waals surface area contributed by atoms with Crippen molar-refractivity contribution in [3.8, 4) is 22.0 Å². The van der Waals surface area contributed by atoms with Crippen molar-refractivity contribution in [2.45, 2.75) is 59.9 Å². The number of carbonyl (C=O) groups excluding carboxylic acids is 1. The highest BCUT2D eigenvalue weighted by molar-refractivity contribution is 7.13. The standard InChI is InChI=1S/C26H36N4O2S/c1-6-8-9-20(7-2)15-28-25(31)22-14-24(30(19(22)4)12-13-32-5)23-17-33-26(29-23)21-11-10-18(3)27-16-21/h10-11,14,16-17,20H,6-9,12-13,15H2,1-5H3,(H,28,31). The minimum Gasteiger partial charge on any atom is -0.383 e. The van der Waals surface area contributed by atoms with Crippen LogP contribution in [0.25, 0.3) is 22.0 Å². The second-order valence-electron chi connectivity index (χ2n) is 8.53. The molecule has 0 fully saturated rings. The molecule has 0 saturated carbocycles. The molecule has 3 aromatic rings. The fourth-order valence-electron chi connectivity index (χ4n) is 3.95. The molecule has 0 aliphatic heterocycles. The second-order valence-corrected chi connectivity index (χ2v) is 9.38. The molecule has 1 atom stereocenters. The van der Waals surface area contributed by atoms with Gasteiger partial charge < -0.3 is 14.6 Å². The highest BCUT2D eigenvalue weighted by Gasteiger charge is 2.21. The number of amides is 1. The molecule has 1 amide bonds. The quantitative estimate of drug-likeness (QED) is 0.360. The summed E-state index contributed by atoms with van der Waals surface area (Å²) in [4.78, 5) is 22.4. The van der Waals surface area contributed by atoms with E-state index in [1.807, 2.05) is 43.6 Å². The summed E-state index contributed by atoms with van der Waals surface area (Å²) in [6, 6.07) is 6.01. The Morgan fingerprint density at radius 2 is 2.09 bits per heavy atom. The number of rotatable bonds is 12. The van der Waals surface area contributed by atoms with Crippen molar-refractivity contribution in [1.82, 2.24) is 19.9 Å². The zero-order chi connectivity index (χ0) is 23.8. The van der Waals surface area contributed by atoms with Gasteiger partial charge in [-0.3, -0.25) is 9.78 Å². The van der Waals surface area contributed by atoms with Crippen LogP contribution in [0.4, 0.5) is 0 Å². The number of hydrogen-bond acceptors (Lipinski definition) is 5. The van der Waals surface area contributed by atoms with Crippen LogP contribution in [-0.2, 0) is 11.3 Å². The lowest BCUT2D eigenvalue weighted by atomic mass is 9.99. The zero-order valence-corrected chi connectivity index (χ0v) is 21.3. The van der Waals surface area contributed by atoms with E-state index in [1.165, 1.54) is 12.8 Å². The monoisotopic (exact) mass is 468 g/mol. The molecule has 7 heteroatoms. The summed E-state index contributed by atoms with van der Waals surface area (Å²) in [5, 5.41) is 6.14. The first-order valence-electron chi connectivity index (χ1n) is 11.8. The van der Waals surface area contributed by atoms with E-state index in [9.17, 15) is 4.79 Å². The van der Waals surface area contributed by atoms with Crippen LogP contribution in [0.15, 0.2) is 29.8 Å². The molecule has 33 heavy (non-hydrogen) atoms. The van der Waals surface area contributed by atoms with Crippen molar-refractivity contribution in [3.05, 3.63) is 46.7 Å². The summed E-state index contributed by atoms with van der Waals surface area (Å²) in [6.07, 6.45) is 6.47. The van der Waals surface area contributed by atoms with Crippen LogP contribution in [0.1, 0.15) is 61.3 Å². The fourth-order valence-corrected chi connectivity index (χ4v) is 4.76. The molecule has 178 valence electrons. The number of ether oxygens (including phenoxy) is 1. The van der Waals surface area contributed by atoms with Crippen molar-refractivity contribution in [2.75, 3.05) is 20.3 Å². The van der Waals surface area contributed by atoms with E-state index >= 15 is 0 Å². The first-order chi connectivity index (χ1) is 16.0. The van der Waals surface area contributed by atoms with Crippen LogP contribution in [-0.4, -0.2) is 40.7 Å². The largest absolute Gasteiger partial charge is 0.383 e. The third-order valence-electron chi connectivity index (χ3n) is 6.15. The molecule has 6 nitrogen and oxygen atoms in total. The molecule has 1 unspecified atom stereocenters. The average molecular weight is 469 g/mol. The Kier molecular flexibility index (Phi) is 9.21. The van der Waals surface area contributed by atoms with Gasteiger partial charge in [0.2, 0.25) is 0 Å². The van der Waals surface area contributed by atoms with Gasteiger partial charge in [0, 0.05) is 48.7 Å². The smallest absolute Gasteiger partial charge is 0.253 e. The fraction of sp³-hybridized carbons (Fsp3) is 0.500. The summed E-state index contributed by atoms with van der Waals surface area (Å²) in [5.74, 6) is 0.506. The van der Waals surface area contributed by atoms with Crippen molar-refractivity contribution in [1.29, 1.82) is 0 Å². The molecule has 0 radical (unpaired) electrons. The van der Waals surface area contributed by atoms with E-state index in [1.54, 1.807) is 18.4 Å². The topological polar surface area (TPSA) is 69.0 Å². The van der Waals surface area contributed by atoms with Gasteiger partial charge in [0.05, 0.1) is 23.6 Å².